The molecule has 0 bridgehead atoms. The first kappa shape index (κ1) is 15.4. The van der Waals surface area contributed by atoms with Gasteiger partial charge in [-0.2, -0.15) is 5.10 Å². The molecule has 7 heteroatoms. The van der Waals surface area contributed by atoms with Crippen LogP contribution in [-0.4, -0.2) is 33.3 Å². The third kappa shape index (κ3) is 3.46. The van der Waals surface area contributed by atoms with Gasteiger partial charge in [0.05, 0.1) is 11.9 Å². The first-order valence-electron chi connectivity index (χ1n) is 7.24. The summed E-state index contributed by atoms with van der Waals surface area (Å²) in [7, 11) is 0. The van der Waals surface area contributed by atoms with E-state index < -0.39 is 0 Å². The van der Waals surface area contributed by atoms with E-state index in [1.165, 1.54) is 11.3 Å². The molecule has 3 N–H and O–H groups in total. The van der Waals surface area contributed by atoms with Crippen LogP contribution in [0.4, 0.5) is 0 Å². The lowest BCUT2D eigenvalue weighted by Gasteiger charge is -2.09. The highest BCUT2D eigenvalue weighted by Crippen LogP contribution is 2.24. The minimum Gasteiger partial charge on any atom is -0.347 e. The highest BCUT2D eigenvalue weighted by Gasteiger charge is 2.14. The van der Waals surface area contributed by atoms with Gasteiger partial charge in [-0.15, -0.1) is 11.3 Å². The number of nitrogens with zero attached hydrogens (tertiary/aromatic N) is 3. The first-order chi connectivity index (χ1) is 11.2. The number of amides is 1. The van der Waals surface area contributed by atoms with Crippen molar-refractivity contribution < 1.29 is 4.79 Å². The largest absolute Gasteiger partial charge is 0.347 e. The van der Waals surface area contributed by atoms with Crippen molar-refractivity contribution in [3.63, 3.8) is 0 Å². The Morgan fingerprint density at radius 3 is 2.91 bits per heavy atom. The summed E-state index contributed by atoms with van der Waals surface area (Å²) in [6.07, 6.45) is 3.65. The topological polar surface area (TPSA) is 85.8 Å². The molecule has 0 spiro atoms. The summed E-state index contributed by atoms with van der Waals surface area (Å²) < 4.78 is 1.78. The van der Waals surface area contributed by atoms with Gasteiger partial charge in [0, 0.05) is 29.7 Å². The average molecular weight is 327 g/mol. The molecule has 0 aliphatic rings. The molecule has 1 aromatic carbocycles. The number of para-hydroxylation sites is 1. The monoisotopic (exact) mass is 327 g/mol. The van der Waals surface area contributed by atoms with E-state index >= 15 is 0 Å². The van der Waals surface area contributed by atoms with Crippen molar-refractivity contribution in [2.24, 2.45) is 5.73 Å². The fourth-order valence-corrected chi connectivity index (χ4v) is 2.80. The Labute approximate surface area is 138 Å². The highest BCUT2D eigenvalue weighted by atomic mass is 32.1. The van der Waals surface area contributed by atoms with Gasteiger partial charge in [0.15, 0.2) is 0 Å². The van der Waals surface area contributed by atoms with Crippen LogP contribution in [0.1, 0.15) is 17.4 Å². The molecule has 6 nitrogen and oxygen atoms in total. The van der Waals surface area contributed by atoms with Crippen molar-refractivity contribution in [3.05, 3.63) is 53.8 Å². The molecule has 2 heterocycles. The van der Waals surface area contributed by atoms with Crippen molar-refractivity contribution in [2.75, 3.05) is 6.54 Å². The lowest BCUT2D eigenvalue weighted by molar-refractivity contribution is 0.0937. The zero-order valence-electron chi connectivity index (χ0n) is 12.6. The zero-order chi connectivity index (χ0) is 16.2. The molecule has 0 aliphatic heterocycles. The fraction of sp³-hybridized carbons (Fsp3) is 0.188. The van der Waals surface area contributed by atoms with E-state index in [1.807, 2.05) is 43.5 Å². The highest BCUT2D eigenvalue weighted by molar-refractivity contribution is 7.13. The Kier molecular flexibility index (Phi) is 4.50. The molecule has 1 unspecified atom stereocenters. The number of hydrogen-bond donors (Lipinski definition) is 2. The normalized spacial score (nSPS) is 12.1. The Morgan fingerprint density at radius 1 is 1.39 bits per heavy atom. The van der Waals surface area contributed by atoms with Gasteiger partial charge >= 0.3 is 0 Å². The van der Waals surface area contributed by atoms with Crippen LogP contribution in [-0.2, 0) is 0 Å². The Balaban J connectivity index is 1.79. The van der Waals surface area contributed by atoms with Crippen LogP contribution < -0.4 is 11.1 Å². The third-order valence-electron chi connectivity index (χ3n) is 3.32. The van der Waals surface area contributed by atoms with E-state index in [0.29, 0.717) is 12.2 Å². The number of carbonyl (C=O) groups is 1. The van der Waals surface area contributed by atoms with Gasteiger partial charge in [-0.3, -0.25) is 4.79 Å². The second kappa shape index (κ2) is 6.72. The van der Waals surface area contributed by atoms with Crippen LogP contribution in [0, 0.1) is 0 Å². The number of benzene rings is 1. The minimum absolute atomic E-state index is 0.0755. The van der Waals surface area contributed by atoms with E-state index in [0.717, 1.165) is 16.3 Å². The predicted molar refractivity (Wildman–Crippen MR) is 90.7 cm³/mol. The van der Waals surface area contributed by atoms with Gasteiger partial charge in [0.1, 0.15) is 10.7 Å². The molecular weight excluding hydrogens is 310 g/mol. The van der Waals surface area contributed by atoms with Crippen molar-refractivity contribution in [1.29, 1.82) is 0 Å². The van der Waals surface area contributed by atoms with Gasteiger partial charge in [-0.25, -0.2) is 9.67 Å². The molecule has 0 radical (unpaired) electrons. The summed E-state index contributed by atoms with van der Waals surface area (Å²) in [4.78, 5) is 16.4. The van der Waals surface area contributed by atoms with E-state index in [4.69, 9.17) is 5.73 Å². The fourth-order valence-electron chi connectivity index (χ4n) is 2.02. The quantitative estimate of drug-likeness (QED) is 0.751. The summed E-state index contributed by atoms with van der Waals surface area (Å²) in [5, 5.41) is 9.65. The van der Waals surface area contributed by atoms with Crippen molar-refractivity contribution in [2.45, 2.75) is 13.0 Å². The average Bonchev–Trinajstić information content (AvgIpc) is 3.24. The maximum Gasteiger partial charge on any atom is 0.271 e. The maximum absolute atomic E-state index is 12.0. The molecule has 0 fully saturated rings. The summed E-state index contributed by atoms with van der Waals surface area (Å²) in [6, 6.07) is 9.76. The molecule has 1 atom stereocenters. The molecule has 0 aliphatic carbocycles. The number of carbonyl (C=O) groups excluding carboxylic acids is 1. The zero-order valence-corrected chi connectivity index (χ0v) is 13.5. The summed E-state index contributed by atoms with van der Waals surface area (Å²) in [6.45, 7) is 2.25. The van der Waals surface area contributed by atoms with Gasteiger partial charge in [-0.1, -0.05) is 18.2 Å². The van der Waals surface area contributed by atoms with Gasteiger partial charge in [-0.05, 0) is 19.1 Å². The molecule has 0 saturated carbocycles. The number of rotatable bonds is 5. The van der Waals surface area contributed by atoms with Crippen molar-refractivity contribution in [1.82, 2.24) is 20.1 Å². The number of aromatic nitrogens is 3. The molecule has 3 rings (SSSR count). The maximum atomic E-state index is 12.0. The molecule has 118 valence electrons. The minimum atomic E-state index is -0.207. The first-order valence-corrected chi connectivity index (χ1v) is 8.12. The molecule has 2 aromatic heterocycles. The molecule has 3 aromatic rings. The third-order valence-corrected chi connectivity index (χ3v) is 4.21. The molecule has 0 saturated heterocycles. The summed E-state index contributed by atoms with van der Waals surface area (Å²) >= 11 is 1.42. The summed E-state index contributed by atoms with van der Waals surface area (Å²) in [5.74, 6) is -0.207. The van der Waals surface area contributed by atoms with E-state index in [9.17, 15) is 4.79 Å². The number of nitrogens with one attached hydrogen (secondary N) is 1. The van der Waals surface area contributed by atoms with E-state index in [-0.39, 0.29) is 11.9 Å². The number of hydrogen-bond acceptors (Lipinski definition) is 5. The Morgan fingerprint density at radius 2 is 2.17 bits per heavy atom. The standard InChI is InChI=1S/C16H17N5OS/c1-11(7-17)19-15(22)14-10-23-16(20-14)12-8-18-21(9-12)13-5-3-2-4-6-13/h2-6,8-11H,7,17H2,1H3,(H,19,22). The number of thiazole rings is 1. The summed E-state index contributed by atoms with van der Waals surface area (Å²) in [5.41, 5.74) is 7.77. The van der Waals surface area contributed by atoms with Crippen LogP contribution in [0.15, 0.2) is 48.1 Å². The smallest absolute Gasteiger partial charge is 0.271 e. The second-order valence-corrected chi connectivity index (χ2v) is 6.02. The second-order valence-electron chi connectivity index (χ2n) is 5.16. The molecule has 1 amide bonds. The predicted octanol–water partition coefficient (Wildman–Crippen LogP) is 2.07. The van der Waals surface area contributed by atoms with Crippen LogP contribution in [0.3, 0.4) is 0 Å². The van der Waals surface area contributed by atoms with Gasteiger partial charge in [0.2, 0.25) is 0 Å². The number of nitrogens with two attached hydrogens (primary N) is 1. The van der Waals surface area contributed by atoms with Crippen LogP contribution in [0.5, 0.6) is 0 Å². The lowest BCUT2D eigenvalue weighted by Crippen LogP contribution is -2.37. The van der Waals surface area contributed by atoms with Crippen molar-refractivity contribution >= 4 is 17.2 Å². The van der Waals surface area contributed by atoms with Crippen LogP contribution >= 0.6 is 11.3 Å². The molecular formula is C16H17N5OS. The van der Waals surface area contributed by atoms with Gasteiger partial charge < -0.3 is 11.1 Å². The van der Waals surface area contributed by atoms with Gasteiger partial charge in [0.25, 0.3) is 5.91 Å². The SMILES string of the molecule is CC(CN)NC(=O)c1csc(-c2cnn(-c3ccccc3)c2)n1. The van der Waals surface area contributed by atoms with Crippen LogP contribution in [0.25, 0.3) is 16.3 Å². The van der Waals surface area contributed by atoms with Crippen LogP contribution in [0.2, 0.25) is 0 Å². The van der Waals surface area contributed by atoms with E-state index in [2.05, 4.69) is 15.4 Å². The Bertz CT molecular complexity index is 796. The van der Waals surface area contributed by atoms with E-state index in [1.54, 1.807) is 16.3 Å². The molecule has 23 heavy (non-hydrogen) atoms. The lowest BCUT2D eigenvalue weighted by atomic mass is 10.3. The van der Waals surface area contributed by atoms with Crippen molar-refractivity contribution in [3.8, 4) is 16.3 Å². The Hall–Kier alpha value is -2.51.